The van der Waals surface area contributed by atoms with Gasteiger partial charge in [0.2, 0.25) is 11.8 Å². The maximum absolute atomic E-state index is 14.5. The molecular formula is C53H63N9O7. The smallest absolute Gasteiger partial charge is 0.407 e. The Morgan fingerprint density at radius 3 is 1.58 bits per heavy atom. The van der Waals surface area contributed by atoms with Crippen molar-refractivity contribution in [1.29, 1.82) is 0 Å². The Labute approximate surface area is 402 Å². The summed E-state index contributed by atoms with van der Waals surface area (Å²) in [6.45, 7) is 15.1. The molecule has 4 aromatic carbocycles. The number of nitrogens with one attached hydrogen (secondary N) is 5. The predicted octanol–water partition coefficient (Wildman–Crippen LogP) is 9.41. The van der Waals surface area contributed by atoms with Crippen LogP contribution in [0.2, 0.25) is 0 Å². The zero-order chi connectivity index (χ0) is 49.3. The number of aromatic amines is 2. The largest absolute Gasteiger partial charge is 0.453 e. The van der Waals surface area contributed by atoms with Crippen molar-refractivity contribution in [3.05, 3.63) is 102 Å². The number of benzene rings is 4. The predicted molar refractivity (Wildman–Crippen MR) is 265 cm³/mol. The molecule has 0 saturated carbocycles. The van der Waals surface area contributed by atoms with Crippen LogP contribution < -0.4 is 16.0 Å². The number of nitrogens with zero attached hydrogens (tertiary/aromatic N) is 4. The van der Waals surface area contributed by atoms with Crippen molar-refractivity contribution in [2.24, 2.45) is 11.8 Å². The van der Waals surface area contributed by atoms with Gasteiger partial charge in [-0.15, -0.1) is 0 Å². The summed E-state index contributed by atoms with van der Waals surface area (Å²) in [5, 5.41) is 8.57. The molecular weight excluding hydrogens is 875 g/mol. The van der Waals surface area contributed by atoms with Crippen molar-refractivity contribution in [2.75, 3.05) is 32.6 Å². The highest BCUT2D eigenvalue weighted by molar-refractivity contribution is 6.10. The summed E-state index contributed by atoms with van der Waals surface area (Å²) in [5.41, 5.74) is 8.41. The van der Waals surface area contributed by atoms with Crippen LogP contribution in [-0.4, -0.2) is 99.0 Å². The van der Waals surface area contributed by atoms with E-state index in [0.29, 0.717) is 48.0 Å². The van der Waals surface area contributed by atoms with Gasteiger partial charge in [0.15, 0.2) is 0 Å². The molecule has 362 valence electrons. The first kappa shape index (κ1) is 48.2. The number of amides is 5. The summed E-state index contributed by atoms with van der Waals surface area (Å²) in [6, 6.07) is 23.5. The average Bonchev–Trinajstić information content (AvgIpc) is 4.17. The van der Waals surface area contributed by atoms with Crippen LogP contribution in [0.1, 0.15) is 114 Å². The number of carbonyl (C=O) groups is 5. The van der Waals surface area contributed by atoms with E-state index in [1.54, 1.807) is 9.80 Å². The summed E-state index contributed by atoms with van der Waals surface area (Å²) in [7, 11) is 2.56. The van der Waals surface area contributed by atoms with Gasteiger partial charge in [0.25, 0.3) is 5.91 Å². The van der Waals surface area contributed by atoms with E-state index in [-0.39, 0.29) is 47.1 Å². The van der Waals surface area contributed by atoms with Crippen molar-refractivity contribution >= 4 is 57.7 Å². The summed E-state index contributed by atoms with van der Waals surface area (Å²) in [4.78, 5) is 87.0. The molecule has 2 aliphatic rings. The maximum atomic E-state index is 14.5. The van der Waals surface area contributed by atoms with Gasteiger partial charge in [-0.3, -0.25) is 14.4 Å². The number of H-pyrrole nitrogens is 2. The second-order valence-electron chi connectivity index (χ2n) is 19.8. The Balaban J connectivity index is 1.11. The average molecular weight is 938 g/mol. The van der Waals surface area contributed by atoms with Crippen molar-refractivity contribution in [3.63, 3.8) is 0 Å². The molecule has 2 fully saturated rings. The molecule has 2 saturated heterocycles. The molecule has 5 amide bonds. The Morgan fingerprint density at radius 1 is 0.638 bits per heavy atom. The van der Waals surface area contributed by atoms with Crippen LogP contribution in [0, 0.1) is 11.8 Å². The SMILES string of the molecule is COC(=O)N[C@H](C(=O)N1CCC[C@H]1c1nc2ccc(-c3ccc(-c4ccc5nc([C@@H]6CCCN6C(=O)[C@@H](NC(=O)OC)C(C)C)[nH]c5c4)c(C(=O)Nc4ccc(C(C)(C)C)cc4)c3)cc2[nH]1)C(C)C. The van der Waals surface area contributed by atoms with E-state index < -0.39 is 24.3 Å². The molecule has 0 aliphatic carbocycles. The molecule has 16 nitrogen and oxygen atoms in total. The number of alkyl carbamates (subject to hydrolysis) is 2. The number of ether oxygens (including phenoxy) is 2. The van der Waals surface area contributed by atoms with Gasteiger partial charge < -0.3 is 45.2 Å². The number of carbonyl (C=O) groups excluding carboxylic acids is 5. The fourth-order valence-corrected chi connectivity index (χ4v) is 9.52. The van der Waals surface area contributed by atoms with Crippen molar-refractivity contribution in [2.45, 2.75) is 104 Å². The summed E-state index contributed by atoms with van der Waals surface area (Å²) >= 11 is 0. The Bertz CT molecular complexity index is 2900. The normalized spacial score (nSPS) is 17.1. The molecule has 69 heavy (non-hydrogen) atoms. The minimum Gasteiger partial charge on any atom is -0.453 e. The third-order valence-corrected chi connectivity index (χ3v) is 13.4. The molecule has 6 aromatic rings. The lowest BCUT2D eigenvalue weighted by atomic mass is 9.87. The van der Waals surface area contributed by atoms with Crippen LogP contribution in [0.4, 0.5) is 15.3 Å². The van der Waals surface area contributed by atoms with Gasteiger partial charge in [-0.05, 0) is 113 Å². The first-order chi connectivity index (χ1) is 32.9. The van der Waals surface area contributed by atoms with Gasteiger partial charge in [0, 0.05) is 24.3 Å². The third-order valence-electron chi connectivity index (χ3n) is 13.4. The maximum Gasteiger partial charge on any atom is 0.407 e. The molecule has 4 heterocycles. The van der Waals surface area contributed by atoms with Gasteiger partial charge >= 0.3 is 12.2 Å². The molecule has 2 aliphatic heterocycles. The minimum absolute atomic E-state index is 0.0521. The first-order valence-corrected chi connectivity index (χ1v) is 23.8. The highest BCUT2D eigenvalue weighted by Gasteiger charge is 2.39. The van der Waals surface area contributed by atoms with Crippen LogP contribution >= 0.6 is 0 Å². The number of hydrogen-bond acceptors (Lipinski definition) is 9. The number of methoxy groups -OCH3 is 2. The number of imidazole rings is 2. The lowest BCUT2D eigenvalue weighted by Crippen LogP contribution is -2.51. The van der Waals surface area contributed by atoms with Gasteiger partial charge in [0.05, 0.1) is 48.4 Å². The lowest BCUT2D eigenvalue weighted by Gasteiger charge is -2.29. The van der Waals surface area contributed by atoms with E-state index in [1.807, 2.05) is 107 Å². The molecule has 2 aromatic heterocycles. The number of likely N-dealkylation sites (tertiary alicyclic amines) is 2. The van der Waals surface area contributed by atoms with Crippen molar-refractivity contribution in [1.82, 2.24) is 40.4 Å². The van der Waals surface area contributed by atoms with Gasteiger partial charge in [0.1, 0.15) is 23.7 Å². The molecule has 0 spiro atoms. The number of aromatic nitrogens is 4. The summed E-state index contributed by atoms with van der Waals surface area (Å²) in [5.74, 6) is 0.362. The fourth-order valence-electron chi connectivity index (χ4n) is 9.52. The van der Waals surface area contributed by atoms with Crippen molar-refractivity contribution < 1.29 is 33.4 Å². The number of anilines is 1. The van der Waals surface area contributed by atoms with E-state index in [2.05, 4.69) is 46.7 Å². The fraction of sp³-hybridized carbons (Fsp3) is 0.415. The quantitative estimate of drug-likeness (QED) is 0.0792. The molecule has 4 atom stereocenters. The van der Waals surface area contributed by atoms with E-state index in [4.69, 9.17) is 19.4 Å². The van der Waals surface area contributed by atoms with E-state index >= 15 is 0 Å². The standard InChI is InChI=1S/C53H63N9O7/c1-29(2)44(59-51(66)68-8)49(64)61-24-10-12-42(61)46-55-38-22-15-32(27-40(38)57-46)31-14-21-36(37(26-31)48(63)54-35-19-17-34(18-20-35)53(5,6)7)33-16-23-39-41(28-33)58-47(56-39)43-13-11-25-62(43)50(65)45(30(3)4)60-52(67)69-9/h14-23,26-30,42-45H,10-13,24-25H2,1-9H3,(H,54,63)(H,55,57)(H,56,58)(H,59,66)(H,60,67)/t42-,43-,44-,45-/m0/s1. The van der Waals surface area contributed by atoms with Crippen LogP contribution in [0.5, 0.6) is 0 Å². The monoisotopic (exact) mass is 937 g/mol. The summed E-state index contributed by atoms with van der Waals surface area (Å²) < 4.78 is 9.62. The second-order valence-corrected chi connectivity index (χ2v) is 19.8. The molecule has 5 N–H and O–H groups in total. The summed E-state index contributed by atoms with van der Waals surface area (Å²) in [6.07, 6.45) is 1.71. The Kier molecular flexibility index (Phi) is 13.8. The zero-order valence-electron chi connectivity index (χ0n) is 40.9. The number of rotatable bonds is 12. The van der Waals surface area contributed by atoms with Gasteiger partial charge in [-0.1, -0.05) is 84.9 Å². The number of fused-ring (bicyclic) bond motifs is 2. The third kappa shape index (κ3) is 10.2. The molecule has 0 radical (unpaired) electrons. The second kappa shape index (κ2) is 19.8. The van der Waals surface area contributed by atoms with Crippen LogP contribution in [0.25, 0.3) is 44.3 Å². The highest BCUT2D eigenvalue weighted by Crippen LogP contribution is 2.37. The van der Waals surface area contributed by atoms with Crippen LogP contribution in [0.15, 0.2) is 78.9 Å². The molecule has 0 bridgehead atoms. The molecule has 8 rings (SSSR count). The molecule has 0 unspecified atom stereocenters. The van der Waals surface area contributed by atoms with Crippen molar-refractivity contribution in [3.8, 4) is 22.3 Å². The Morgan fingerprint density at radius 2 is 1.10 bits per heavy atom. The van der Waals surface area contributed by atoms with Crippen LogP contribution in [0.3, 0.4) is 0 Å². The zero-order valence-corrected chi connectivity index (χ0v) is 40.9. The number of hydrogen-bond donors (Lipinski definition) is 5. The van der Waals surface area contributed by atoms with Gasteiger partial charge in [-0.25, -0.2) is 19.6 Å². The van der Waals surface area contributed by atoms with E-state index in [0.717, 1.165) is 63.6 Å². The topological polar surface area (TPSA) is 204 Å². The van der Waals surface area contributed by atoms with Gasteiger partial charge in [-0.2, -0.15) is 0 Å². The van der Waals surface area contributed by atoms with E-state index in [1.165, 1.54) is 14.2 Å². The lowest BCUT2D eigenvalue weighted by molar-refractivity contribution is -0.136. The Hall–Kier alpha value is -7.23. The minimum atomic E-state index is -0.751. The van der Waals surface area contributed by atoms with Crippen LogP contribution in [-0.2, 0) is 24.5 Å². The first-order valence-electron chi connectivity index (χ1n) is 23.8. The van der Waals surface area contributed by atoms with E-state index in [9.17, 15) is 24.0 Å². The molecule has 16 heteroatoms. The highest BCUT2D eigenvalue weighted by atomic mass is 16.5.